The van der Waals surface area contributed by atoms with Crippen LogP contribution in [-0.4, -0.2) is 30.2 Å². The molecular weight excluding hydrogens is 192 g/mol. The lowest BCUT2D eigenvalue weighted by atomic mass is 10.1. The summed E-state index contributed by atoms with van der Waals surface area (Å²) >= 11 is 0. The van der Waals surface area contributed by atoms with Crippen molar-refractivity contribution in [3.8, 4) is 0 Å². The number of benzene rings is 1. The number of aliphatic hydroxyl groups excluding tert-OH is 1. The summed E-state index contributed by atoms with van der Waals surface area (Å²) in [7, 11) is 0. The molecule has 1 aromatic rings. The highest BCUT2D eigenvalue weighted by Gasteiger charge is 2.06. The minimum atomic E-state index is -0.681. The van der Waals surface area contributed by atoms with Crippen molar-refractivity contribution in [2.75, 3.05) is 13.1 Å². The van der Waals surface area contributed by atoms with Crippen LogP contribution in [0.15, 0.2) is 24.3 Å². The minimum Gasteiger partial charge on any atom is -0.390 e. The molecule has 0 aliphatic rings. The van der Waals surface area contributed by atoms with Gasteiger partial charge in [-0.15, -0.1) is 0 Å². The molecule has 4 heteroatoms. The standard InChI is InChI=1S/C11H16N2O2/c1-8-2-4-9(5-3-8)11(15)13-7-10(14)6-12/h2-5,10,14H,6-7,12H2,1H3,(H,13,15). The summed E-state index contributed by atoms with van der Waals surface area (Å²) in [5.41, 5.74) is 6.91. The fourth-order valence-electron chi connectivity index (χ4n) is 1.10. The van der Waals surface area contributed by atoms with E-state index in [2.05, 4.69) is 5.32 Å². The summed E-state index contributed by atoms with van der Waals surface area (Å²) < 4.78 is 0. The molecule has 0 aliphatic carbocycles. The molecule has 1 amide bonds. The Bertz CT molecular complexity index is 322. The van der Waals surface area contributed by atoms with Crippen molar-refractivity contribution in [1.82, 2.24) is 5.32 Å². The first-order valence-electron chi connectivity index (χ1n) is 4.86. The van der Waals surface area contributed by atoms with E-state index in [0.29, 0.717) is 5.56 Å². The molecule has 0 fully saturated rings. The average Bonchev–Trinajstić information content (AvgIpc) is 2.26. The molecule has 4 nitrogen and oxygen atoms in total. The second-order valence-electron chi connectivity index (χ2n) is 3.47. The molecule has 0 spiro atoms. The number of hydrogen-bond acceptors (Lipinski definition) is 3. The number of amides is 1. The van der Waals surface area contributed by atoms with Crippen molar-refractivity contribution in [3.05, 3.63) is 35.4 Å². The third-order valence-corrected chi connectivity index (χ3v) is 2.08. The summed E-state index contributed by atoms with van der Waals surface area (Å²) in [5.74, 6) is -0.192. The minimum absolute atomic E-state index is 0.147. The summed E-state index contributed by atoms with van der Waals surface area (Å²) in [6, 6.07) is 7.24. The lowest BCUT2D eigenvalue weighted by Gasteiger charge is -2.09. The summed E-state index contributed by atoms with van der Waals surface area (Å²) in [6.45, 7) is 2.29. The van der Waals surface area contributed by atoms with E-state index in [9.17, 15) is 4.79 Å². The molecule has 1 atom stereocenters. The Morgan fingerprint density at radius 3 is 2.60 bits per heavy atom. The largest absolute Gasteiger partial charge is 0.390 e. The molecule has 1 rings (SSSR count). The predicted octanol–water partition coefficient (Wildman–Crippen LogP) is 0.0444. The van der Waals surface area contributed by atoms with Gasteiger partial charge in [0.05, 0.1) is 6.10 Å². The second kappa shape index (κ2) is 5.48. The van der Waals surface area contributed by atoms with Crippen LogP contribution in [0, 0.1) is 6.92 Å². The lowest BCUT2D eigenvalue weighted by molar-refractivity contribution is 0.0920. The third kappa shape index (κ3) is 3.69. The van der Waals surface area contributed by atoms with Crippen molar-refractivity contribution in [1.29, 1.82) is 0 Å². The van der Waals surface area contributed by atoms with Crippen LogP contribution in [0.3, 0.4) is 0 Å². The van der Waals surface area contributed by atoms with Gasteiger partial charge in [0.2, 0.25) is 0 Å². The molecule has 0 saturated carbocycles. The monoisotopic (exact) mass is 208 g/mol. The van der Waals surface area contributed by atoms with E-state index < -0.39 is 6.10 Å². The topological polar surface area (TPSA) is 75.3 Å². The van der Waals surface area contributed by atoms with Crippen LogP contribution in [0.4, 0.5) is 0 Å². The number of carbonyl (C=O) groups excluding carboxylic acids is 1. The van der Waals surface area contributed by atoms with Crippen molar-refractivity contribution in [3.63, 3.8) is 0 Å². The van der Waals surface area contributed by atoms with Gasteiger partial charge < -0.3 is 16.2 Å². The number of nitrogens with one attached hydrogen (secondary N) is 1. The van der Waals surface area contributed by atoms with E-state index in [-0.39, 0.29) is 19.0 Å². The normalized spacial score (nSPS) is 12.2. The summed E-state index contributed by atoms with van der Waals surface area (Å²) in [6.07, 6.45) is -0.681. The Kier molecular flexibility index (Phi) is 4.27. The molecule has 4 N–H and O–H groups in total. The van der Waals surface area contributed by atoms with Crippen LogP contribution in [0.25, 0.3) is 0 Å². The molecule has 0 bridgehead atoms. The van der Waals surface area contributed by atoms with Crippen molar-refractivity contribution in [2.24, 2.45) is 5.73 Å². The molecule has 15 heavy (non-hydrogen) atoms. The van der Waals surface area contributed by atoms with Crippen LogP contribution in [0.5, 0.6) is 0 Å². The fourth-order valence-corrected chi connectivity index (χ4v) is 1.10. The first-order valence-corrected chi connectivity index (χ1v) is 4.86. The van der Waals surface area contributed by atoms with Gasteiger partial charge in [-0.1, -0.05) is 17.7 Å². The zero-order valence-corrected chi connectivity index (χ0v) is 8.73. The zero-order chi connectivity index (χ0) is 11.3. The highest BCUT2D eigenvalue weighted by atomic mass is 16.3. The molecule has 0 aliphatic heterocycles. The zero-order valence-electron chi connectivity index (χ0n) is 8.73. The Morgan fingerprint density at radius 1 is 1.47 bits per heavy atom. The Hall–Kier alpha value is -1.39. The first-order chi connectivity index (χ1) is 7.13. The van der Waals surface area contributed by atoms with E-state index in [1.807, 2.05) is 19.1 Å². The number of rotatable bonds is 4. The van der Waals surface area contributed by atoms with Gasteiger partial charge in [0.1, 0.15) is 0 Å². The Morgan fingerprint density at radius 2 is 2.07 bits per heavy atom. The maximum absolute atomic E-state index is 11.5. The van der Waals surface area contributed by atoms with Gasteiger partial charge in [-0.3, -0.25) is 4.79 Å². The maximum Gasteiger partial charge on any atom is 0.251 e. The molecule has 0 saturated heterocycles. The lowest BCUT2D eigenvalue weighted by Crippen LogP contribution is -2.36. The molecule has 1 unspecified atom stereocenters. The van der Waals surface area contributed by atoms with Crippen LogP contribution >= 0.6 is 0 Å². The fraction of sp³-hybridized carbons (Fsp3) is 0.364. The van der Waals surface area contributed by atoms with E-state index in [1.165, 1.54) is 0 Å². The highest BCUT2D eigenvalue weighted by molar-refractivity contribution is 5.94. The molecular formula is C11H16N2O2. The van der Waals surface area contributed by atoms with E-state index in [1.54, 1.807) is 12.1 Å². The summed E-state index contributed by atoms with van der Waals surface area (Å²) in [4.78, 5) is 11.5. The summed E-state index contributed by atoms with van der Waals surface area (Å²) in [5, 5.41) is 11.8. The van der Waals surface area contributed by atoms with Crippen LogP contribution in [-0.2, 0) is 0 Å². The molecule has 1 aromatic carbocycles. The SMILES string of the molecule is Cc1ccc(C(=O)NCC(O)CN)cc1. The van der Waals surface area contributed by atoms with E-state index in [4.69, 9.17) is 10.8 Å². The van der Waals surface area contributed by atoms with Crippen LogP contribution in [0.2, 0.25) is 0 Å². The molecule has 0 heterocycles. The molecule has 82 valence electrons. The number of aliphatic hydroxyl groups is 1. The van der Waals surface area contributed by atoms with Crippen molar-refractivity contribution < 1.29 is 9.90 Å². The van der Waals surface area contributed by atoms with Crippen molar-refractivity contribution in [2.45, 2.75) is 13.0 Å². The molecule has 0 aromatic heterocycles. The average molecular weight is 208 g/mol. The number of hydrogen-bond donors (Lipinski definition) is 3. The van der Waals surface area contributed by atoms with Crippen LogP contribution in [0.1, 0.15) is 15.9 Å². The first kappa shape index (κ1) is 11.7. The maximum atomic E-state index is 11.5. The predicted molar refractivity (Wildman–Crippen MR) is 58.6 cm³/mol. The number of aryl methyl sites for hydroxylation is 1. The van der Waals surface area contributed by atoms with Crippen molar-refractivity contribution >= 4 is 5.91 Å². The van der Waals surface area contributed by atoms with Gasteiger partial charge >= 0.3 is 0 Å². The third-order valence-electron chi connectivity index (χ3n) is 2.08. The van der Waals surface area contributed by atoms with Gasteiger partial charge in [-0.25, -0.2) is 0 Å². The van der Waals surface area contributed by atoms with Gasteiger partial charge in [0, 0.05) is 18.7 Å². The molecule has 0 radical (unpaired) electrons. The van der Waals surface area contributed by atoms with Gasteiger partial charge in [0.25, 0.3) is 5.91 Å². The van der Waals surface area contributed by atoms with E-state index >= 15 is 0 Å². The van der Waals surface area contributed by atoms with Gasteiger partial charge in [-0.05, 0) is 19.1 Å². The van der Waals surface area contributed by atoms with E-state index in [0.717, 1.165) is 5.56 Å². The smallest absolute Gasteiger partial charge is 0.251 e. The quantitative estimate of drug-likeness (QED) is 0.654. The second-order valence-corrected chi connectivity index (χ2v) is 3.47. The number of nitrogens with two attached hydrogens (primary N) is 1. The number of carbonyl (C=O) groups is 1. The Labute approximate surface area is 89.1 Å². The Balaban J connectivity index is 2.50. The van der Waals surface area contributed by atoms with Gasteiger partial charge in [0.15, 0.2) is 0 Å². The van der Waals surface area contributed by atoms with Crippen LogP contribution < -0.4 is 11.1 Å². The van der Waals surface area contributed by atoms with Gasteiger partial charge in [-0.2, -0.15) is 0 Å². The highest BCUT2D eigenvalue weighted by Crippen LogP contribution is 2.02.